The Bertz CT molecular complexity index is 1610. The van der Waals surface area contributed by atoms with Crippen molar-refractivity contribution < 1.29 is 23.7 Å². The molecule has 39 heavy (non-hydrogen) atoms. The molecule has 9 heteroatoms. The van der Waals surface area contributed by atoms with E-state index in [1.54, 1.807) is 24.3 Å². The average Bonchev–Trinajstić information content (AvgIpc) is 3.54. The van der Waals surface area contributed by atoms with Crippen LogP contribution in [-0.4, -0.2) is 35.1 Å². The molecule has 4 aromatic rings. The van der Waals surface area contributed by atoms with E-state index in [0.29, 0.717) is 5.75 Å². The highest BCUT2D eigenvalue weighted by Gasteiger charge is 2.61. The van der Waals surface area contributed by atoms with Crippen molar-refractivity contribution in [2.45, 2.75) is 11.8 Å². The Balaban J connectivity index is 1.21. The third-order valence-electron chi connectivity index (χ3n) is 8.02. The zero-order valence-electron chi connectivity index (χ0n) is 20.7. The van der Waals surface area contributed by atoms with Gasteiger partial charge in [-0.1, -0.05) is 48.5 Å². The lowest BCUT2D eigenvalue weighted by atomic mass is 9.55. The molecule has 3 aromatic carbocycles. The first-order valence-electron chi connectivity index (χ1n) is 12.5. The molecule has 1 fully saturated rings. The number of hydrogen-bond acceptors (Lipinski definition) is 7. The second kappa shape index (κ2) is 8.49. The maximum atomic E-state index is 13.7. The van der Waals surface area contributed by atoms with Crippen LogP contribution in [0.4, 0.5) is 5.69 Å². The Morgan fingerprint density at radius 2 is 1.44 bits per heavy atom. The molecule has 2 bridgehead atoms. The van der Waals surface area contributed by atoms with Gasteiger partial charge in [-0.25, -0.2) is 0 Å². The number of nitrogens with zero attached hydrogens (tertiary/aromatic N) is 3. The lowest BCUT2D eigenvalue weighted by Crippen LogP contribution is -2.41. The molecule has 2 atom stereocenters. The lowest BCUT2D eigenvalue weighted by molar-refractivity contribution is -0.384. The van der Waals surface area contributed by atoms with E-state index < -0.39 is 16.8 Å². The number of carbonyl (C=O) groups is 2. The van der Waals surface area contributed by atoms with Gasteiger partial charge in [0.1, 0.15) is 17.3 Å². The Kier molecular flexibility index (Phi) is 5.03. The van der Waals surface area contributed by atoms with Gasteiger partial charge in [0.2, 0.25) is 0 Å². The summed E-state index contributed by atoms with van der Waals surface area (Å²) in [5.74, 6) is -1.30. The molecular formula is C30H21N3O6. The molecule has 0 spiro atoms. The zero-order chi connectivity index (χ0) is 26.8. The fourth-order valence-corrected chi connectivity index (χ4v) is 6.45. The van der Waals surface area contributed by atoms with Gasteiger partial charge in [0, 0.05) is 11.8 Å². The molecule has 192 valence electrons. The van der Waals surface area contributed by atoms with E-state index in [1.165, 1.54) is 19.4 Å². The summed E-state index contributed by atoms with van der Waals surface area (Å²) in [6.07, 6.45) is 1.30. The van der Waals surface area contributed by atoms with Crippen molar-refractivity contribution in [2.24, 2.45) is 16.9 Å². The van der Waals surface area contributed by atoms with Gasteiger partial charge < -0.3 is 9.15 Å². The van der Waals surface area contributed by atoms with Gasteiger partial charge in [-0.3, -0.25) is 19.7 Å². The summed E-state index contributed by atoms with van der Waals surface area (Å²) < 4.78 is 10.9. The number of amides is 2. The zero-order valence-corrected chi connectivity index (χ0v) is 20.7. The molecule has 1 saturated heterocycles. The topological polar surface area (TPSA) is 115 Å². The normalized spacial score (nSPS) is 22.6. The summed E-state index contributed by atoms with van der Waals surface area (Å²) in [5, 5.41) is 16.8. The molecule has 0 saturated carbocycles. The van der Waals surface area contributed by atoms with Gasteiger partial charge in [0.15, 0.2) is 0 Å². The number of nitro benzene ring substituents is 1. The monoisotopic (exact) mass is 519 g/mol. The average molecular weight is 520 g/mol. The van der Waals surface area contributed by atoms with E-state index in [4.69, 9.17) is 9.15 Å². The standard InChI is InChI=1S/C30H21N3O6/c1-38-16-10-12-22(23(14-16)33(36)37)24-13-11-17(39-24)15-31-32-29(34)27-25-18-6-2-3-7-19(18)26(28(27)30(32)35)21-9-5-4-8-20(21)25/h2-15,25-28H,1H3/b31-15-/t25?,26?,27-,28-/m0/s1. The molecule has 0 radical (unpaired) electrons. The van der Waals surface area contributed by atoms with Crippen LogP contribution in [0, 0.1) is 22.0 Å². The van der Waals surface area contributed by atoms with Gasteiger partial charge in [-0.2, -0.15) is 10.1 Å². The number of methoxy groups -OCH3 is 1. The number of hydrogen-bond donors (Lipinski definition) is 0. The Hall–Kier alpha value is -5.05. The van der Waals surface area contributed by atoms with E-state index >= 15 is 0 Å². The summed E-state index contributed by atoms with van der Waals surface area (Å²) in [6, 6.07) is 23.7. The minimum atomic E-state index is -0.529. The number of furan rings is 1. The van der Waals surface area contributed by atoms with E-state index in [2.05, 4.69) is 5.10 Å². The fraction of sp³-hybridized carbons (Fsp3) is 0.167. The maximum Gasteiger partial charge on any atom is 0.284 e. The predicted molar refractivity (Wildman–Crippen MR) is 140 cm³/mol. The van der Waals surface area contributed by atoms with Crippen LogP contribution >= 0.6 is 0 Å². The number of benzene rings is 3. The first kappa shape index (κ1) is 23.1. The van der Waals surface area contributed by atoms with Gasteiger partial charge in [0.25, 0.3) is 17.5 Å². The first-order chi connectivity index (χ1) is 19.0. The van der Waals surface area contributed by atoms with Crippen LogP contribution in [-0.2, 0) is 9.59 Å². The number of carbonyl (C=O) groups excluding carboxylic acids is 2. The molecule has 8 rings (SSSR count). The lowest BCUT2D eigenvalue weighted by Gasteiger charge is -2.45. The summed E-state index contributed by atoms with van der Waals surface area (Å²) in [7, 11) is 1.43. The number of nitro groups is 1. The van der Waals surface area contributed by atoms with Crippen LogP contribution in [0.2, 0.25) is 0 Å². The van der Waals surface area contributed by atoms with Crippen molar-refractivity contribution in [3.05, 3.63) is 117 Å². The van der Waals surface area contributed by atoms with Gasteiger partial charge in [-0.15, -0.1) is 0 Å². The molecule has 3 aliphatic carbocycles. The smallest absolute Gasteiger partial charge is 0.284 e. The SMILES string of the molecule is COc1ccc(-c2ccc(/C=N\N3C(=O)[C@H]4C5c6ccccc6C(c6ccccc65)[C@@H]4C3=O)o2)c([N+](=O)[O-])c1. The van der Waals surface area contributed by atoms with Crippen LogP contribution in [0.5, 0.6) is 5.75 Å². The third kappa shape index (κ3) is 3.29. The van der Waals surface area contributed by atoms with Crippen LogP contribution in [0.3, 0.4) is 0 Å². The maximum absolute atomic E-state index is 13.7. The summed E-state index contributed by atoms with van der Waals surface area (Å²) in [5.41, 5.74) is 4.46. The van der Waals surface area contributed by atoms with Crippen LogP contribution in [0.25, 0.3) is 11.3 Å². The first-order valence-corrected chi connectivity index (χ1v) is 12.5. The van der Waals surface area contributed by atoms with E-state index in [1.807, 2.05) is 48.5 Å². The van der Waals surface area contributed by atoms with E-state index in [-0.39, 0.29) is 46.4 Å². The van der Waals surface area contributed by atoms with Gasteiger partial charge >= 0.3 is 0 Å². The molecule has 0 N–H and O–H groups in total. The van der Waals surface area contributed by atoms with Gasteiger partial charge in [-0.05, 0) is 46.5 Å². The van der Waals surface area contributed by atoms with Crippen LogP contribution in [0.1, 0.15) is 39.8 Å². The largest absolute Gasteiger partial charge is 0.497 e. The molecule has 4 aliphatic rings. The number of ether oxygens (including phenoxy) is 1. The van der Waals surface area contributed by atoms with Crippen molar-refractivity contribution in [1.82, 2.24) is 5.01 Å². The second-order valence-electron chi connectivity index (χ2n) is 9.84. The fourth-order valence-electron chi connectivity index (χ4n) is 6.45. The molecule has 2 amide bonds. The molecular weight excluding hydrogens is 498 g/mol. The summed E-state index contributed by atoms with van der Waals surface area (Å²) >= 11 is 0. The Morgan fingerprint density at radius 3 is 1.95 bits per heavy atom. The van der Waals surface area contributed by atoms with Crippen LogP contribution < -0.4 is 4.74 Å². The van der Waals surface area contributed by atoms with Crippen molar-refractivity contribution in [3.8, 4) is 17.1 Å². The quantitative estimate of drug-likeness (QED) is 0.157. The van der Waals surface area contributed by atoms with Gasteiger partial charge in [0.05, 0.1) is 41.7 Å². The van der Waals surface area contributed by atoms with E-state index in [0.717, 1.165) is 27.3 Å². The number of hydrazone groups is 1. The van der Waals surface area contributed by atoms with Crippen molar-refractivity contribution in [1.29, 1.82) is 0 Å². The molecule has 0 unspecified atom stereocenters. The summed E-state index contributed by atoms with van der Waals surface area (Å²) in [6.45, 7) is 0. The Labute approximate surface area is 222 Å². The highest BCUT2D eigenvalue weighted by Crippen LogP contribution is 2.61. The third-order valence-corrected chi connectivity index (χ3v) is 8.02. The van der Waals surface area contributed by atoms with Crippen molar-refractivity contribution in [3.63, 3.8) is 0 Å². The predicted octanol–water partition coefficient (Wildman–Crippen LogP) is 5.09. The van der Waals surface area contributed by atoms with Crippen LogP contribution in [0.15, 0.2) is 88.4 Å². The highest BCUT2D eigenvalue weighted by atomic mass is 16.6. The van der Waals surface area contributed by atoms with Crippen molar-refractivity contribution >= 4 is 23.7 Å². The molecule has 1 aliphatic heterocycles. The highest BCUT2D eigenvalue weighted by molar-refractivity contribution is 6.08. The number of rotatable bonds is 5. The van der Waals surface area contributed by atoms with Crippen molar-refractivity contribution in [2.75, 3.05) is 7.11 Å². The minimum Gasteiger partial charge on any atom is -0.497 e. The summed E-state index contributed by atoms with van der Waals surface area (Å²) in [4.78, 5) is 38.4. The second-order valence-corrected chi connectivity index (χ2v) is 9.84. The Morgan fingerprint density at radius 1 is 0.872 bits per heavy atom. The van der Waals surface area contributed by atoms with E-state index in [9.17, 15) is 19.7 Å². The minimum absolute atomic E-state index is 0.171. The number of imide groups is 1. The molecule has 9 nitrogen and oxygen atoms in total. The molecule has 1 aromatic heterocycles. The molecule has 2 heterocycles.